The van der Waals surface area contributed by atoms with Crippen molar-refractivity contribution < 1.29 is 9.69 Å². The molecule has 2 N–H and O–H groups in total. The Kier molecular flexibility index (Phi) is 6.56. The zero-order valence-corrected chi connectivity index (χ0v) is 15.0. The van der Waals surface area contributed by atoms with E-state index < -0.39 is 0 Å². The van der Waals surface area contributed by atoms with Crippen molar-refractivity contribution >= 4 is 27.9 Å². The van der Waals surface area contributed by atoms with E-state index in [9.17, 15) is 4.79 Å². The first-order valence-electron chi connectivity index (χ1n) is 7.62. The molecule has 0 unspecified atom stereocenters. The molecule has 0 saturated heterocycles. The number of halogens is 1. The van der Waals surface area contributed by atoms with E-state index in [0.29, 0.717) is 0 Å². The maximum atomic E-state index is 12.2. The molecule has 0 bridgehead atoms. The minimum atomic E-state index is -0.0805. The summed E-state index contributed by atoms with van der Waals surface area (Å²) in [5, 5.41) is 3.09. The van der Waals surface area contributed by atoms with Crippen LogP contribution in [-0.2, 0) is 4.79 Å². The van der Waals surface area contributed by atoms with Gasteiger partial charge in [0.05, 0.1) is 14.1 Å². The van der Waals surface area contributed by atoms with Gasteiger partial charge in [0.2, 0.25) is 5.91 Å². The third-order valence-electron chi connectivity index (χ3n) is 3.43. The average molecular weight is 374 g/mol. The van der Waals surface area contributed by atoms with Crippen LogP contribution in [-0.4, -0.2) is 26.5 Å². The second-order valence-electron chi connectivity index (χ2n) is 5.77. The van der Waals surface area contributed by atoms with E-state index in [-0.39, 0.29) is 11.9 Å². The van der Waals surface area contributed by atoms with Gasteiger partial charge in [-0.1, -0.05) is 58.4 Å². The molecule has 0 aromatic heterocycles. The molecule has 2 aromatic carbocycles. The summed E-state index contributed by atoms with van der Waals surface area (Å²) < 4.78 is 1.03. The maximum Gasteiger partial charge on any atom is 0.244 e. The first kappa shape index (κ1) is 17.4. The van der Waals surface area contributed by atoms with E-state index >= 15 is 0 Å². The third-order valence-corrected chi connectivity index (χ3v) is 3.96. The fourth-order valence-corrected chi connectivity index (χ4v) is 2.58. The van der Waals surface area contributed by atoms with Crippen LogP contribution in [0.3, 0.4) is 0 Å². The second-order valence-corrected chi connectivity index (χ2v) is 6.68. The molecule has 120 valence electrons. The van der Waals surface area contributed by atoms with Gasteiger partial charge in [0, 0.05) is 10.5 Å². The topological polar surface area (TPSA) is 33.5 Å². The molecule has 0 aliphatic carbocycles. The number of nitrogens with one attached hydrogen (secondary N) is 2. The smallest absolute Gasteiger partial charge is 0.244 e. The maximum absolute atomic E-state index is 12.2. The first-order valence-corrected chi connectivity index (χ1v) is 8.42. The summed E-state index contributed by atoms with van der Waals surface area (Å²) in [5.41, 5.74) is 2.12. The number of carbonyl (C=O) groups is 1. The Morgan fingerprint density at radius 2 is 1.78 bits per heavy atom. The zero-order valence-electron chi connectivity index (χ0n) is 13.4. The molecular formula is C19H22BrN2O+. The van der Waals surface area contributed by atoms with Gasteiger partial charge in [0.25, 0.3) is 0 Å². The number of hydrogen-bond donors (Lipinski definition) is 2. The fraction of sp³-hybridized carbons (Fsp3) is 0.211. The molecule has 0 saturated carbocycles. The molecule has 0 aliphatic heterocycles. The normalized spacial score (nSPS) is 12.5. The van der Waals surface area contributed by atoms with Crippen LogP contribution in [0.25, 0.3) is 6.08 Å². The SMILES string of the molecule is C[NH+](C)C[C@@H](NC(=O)/C=C/c1ccc(Br)cc1)c1ccccc1. The molecule has 2 aromatic rings. The van der Waals surface area contributed by atoms with Crippen molar-refractivity contribution in [2.75, 3.05) is 20.6 Å². The Bertz CT molecular complexity index is 651. The van der Waals surface area contributed by atoms with Crippen molar-refractivity contribution in [3.63, 3.8) is 0 Å². The molecule has 0 radical (unpaired) electrons. The summed E-state index contributed by atoms with van der Waals surface area (Å²) in [4.78, 5) is 13.5. The number of quaternary nitrogens is 1. The molecule has 0 spiro atoms. The Labute approximate surface area is 146 Å². The molecule has 1 amide bonds. The van der Waals surface area contributed by atoms with Crippen LogP contribution in [0.2, 0.25) is 0 Å². The molecule has 1 atom stereocenters. The Morgan fingerprint density at radius 3 is 2.39 bits per heavy atom. The minimum Gasteiger partial charge on any atom is -0.340 e. The minimum absolute atomic E-state index is 0.00303. The number of benzene rings is 2. The summed E-state index contributed by atoms with van der Waals surface area (Å²) in [6, 6.07) is 17.9. The van der Waals surface area contributed by atoms with Gasteiger partial charge < -0.3 is 10.2 Å². The number of carbonyl (C=O) groups excluding carboxylic acids is 1. The summed E-state index contributed by atoms with van der Waals surface area (Å²) in [5.74, 6) is -0.0805. The Hall–Kier alpha value is -1.91. The molecule has 2 rings (SSSR count). The van der Waals surface area contributed by atoms with Crippen molar-refractivity contribution in [2.24, 2.45) is 0 Å². The van der Waals surface area contributed by atoms with Crippen molar-refractivity contribution in [3.05, 3.63) is 76.3 Å². The number of rotatable bonds is 6. The molecule has 3 nitrogen and oxygen atoms in total. The predicted octanol–water partition coefficient (Wildman–Crippen LogP) is 2.46. The van der Waals surface area contributed by atoms with Crippen LogP contribution >= 0.6 is 15.9 Å². The molecule has 0 fully saturated rings. The zero-order chi connectivity index (χ0) is 16.7. The van der Waals surface area contributed by atoms with E-state index in [1.807, 2.05) is 60.7 Å². The van der Waals surface area contributed by atoms with Crippen LogP contribution in [0.4, 0.5) is 0 Å². The lowest BCUT2D eigenvalue weighted by atomic mass is 10.1. The van der Waals surface area contributed by atoms with Crippen molar-refractivity contribution in [1.29, 1.82) is 0 Å². The average Bonchev–Trinajstić information content (AvgIpc) is 2.54. The summed E-state index contributed by atoms with van der Waals surface area (Å²) in [7, 11) is 4.17. The Morgan fingerprint density at radius 1 is 1.13 bits per heavy atom. The number of hydrogen-bond acceptors (Lipinski definition) is 1. The van der Waals surface area contributed by atoms with Crippen molar-refractivity contribution in [3.8, 4) is 0 Å². The number of amides is 1. The van der Waals surface area contributed by atoms with Crippen molar-refractivity contribution in [1.82, 2.24) is 5.32 Å². The summed E-state index contributed by atoms with van der Waals surface area (Å²) in [6.45, 7) is 0.835. The van der Waals surface area contributed by atoms with Crippen LogP contribution in [0, 0.1) is 0 Å². The molecule has 0 aliphatic rings. The third kappa shape index (κ3) is 6.00. The molecule has 0 heterocycles. The second kappa shape index (κ2) is 8.65. The highest BCUT2D eigenvalue weighted by molar-refractivity contribution is 9.10. The quantitative estimate of drug-likeness (QED) is 0.749. The van der Waals surface area contributed by atoms with E-state index in [2.05, 4.69) is 35.3 Å². The monoisotopic (exact) mass is 373 g/mol. The lowest BCUT2D eigenvalue weighted by Crippen LogP contribution is -3.06. The van der Waals surface area contributed by atoms with E-state index in [4.69, 9.17) is 0 Å². The van der Waals surface area contributed by atoms with Gasteiger partial charge in [-0.3, -0.25) is 4.79 Å². The highest BCUT2D eigenvalue weighted by Crippen LogP contribution is 2.12. The van der Waals surface area contributed by atoms with Crippen LogP contribution < -0.4 is 10.2 Å². The van der Waals surface area contributed by atoms with Crippen LogP contribution in [0.15, 0.2) is 65.1 Å². The van der Waals surface area contributed by atoms with Gasteiger partial charge in [0.15, 0.2) is 0 Å². The fourth-order valence-electron chi connectivity index (χ4n) is 2.31. The van der Waals surface area contributed by atoms with Gasteiger partial charge >= 0.3 is 0 Å². The lowest BCUT2D eigenvalue weighted by molar-refractivity contribution is -0.860. The largest absolute Gasteiger partial charge is 0.340 e. The van der Waals surface area contributed by atoms with Gasteiger partial charge in [-0.15, -0.1) is 0 Å². The van der Waals surface area contributed by atoms with Gasteiger partial charge in [0.1, 0.15) is 12.6 Å². The summed E-state index contributed by atoms with van der Waals surface area (Å²) >= 11 is 3.40. The van der Waals surface area contributed by atoms with Crippen molar-refractivity contribution in [2.45, 2.75) is 6.04 Å². The van der Waals surface area contributed by atoms with Gasteiger partial charge in [-0.05, 0) is 29.3 Å². The van der Waals surface area contributed by atoms with E-state index in [1.54, 1.807) is 6.08 Å². The predicted molar refractivity (Wildman–Crippen MR) is 98.2 cm³/mol. The van der Waals surface area contributed by atoms with E-state index in [0.717, 1.165) is 22.1 Å². The number of likely N-dealkylation sites (N-methyl/N-ethyl adjacent to an activating group) is 1. The van der Waals surface area contributed by atoms with E-state index in [1.165, 1.54) is 4.90 Å². The molecular weight excluding hydrogens is 352 g/mol. The Balaban J connectivity index is 2.04. The molecule has 4 heteroatoms. The van der Waals surface area contributed by atoms with Gasteiger partial charge in [-0.2, -0.15) is 0 Å². The lowest BCUT2D eigenvalue weighted by Gasteiger charge is -2.20. The summed E-state index contributed by atoms with van der Waals surface area (Å²) in [6.07, 6.45) is 3.41. The standard InChI is InChI=1S/C19H21BrN2O/c1-22(2)14-18(16-6-4-3-5-7-16)21-19(23)13-10-15-8-11-17(20)12-9-15/h3-13,18H,14H2,1-2H3,(H,21,23)/p+1/b13-10+/t18-/m1/s1. The van der Waals surface area contributed by atoms with Gasteiger partial charge in [-0.25, -0.2) is 0 Å². The highest BCUT2D eigenvalue weighted by atomic mass is 79.9. The van der Waals surface area contributed by atoms with Crippen LogP contribution in [0.1, 0.15) is 17.2 Å². The first-order chi connectivity index (χ1) is 11.0. The van der Waals surface area contributed by atoms with Crippen LogP contribution in [0.5, 0.6) is 0 Å². The molecule has 23 heavy (non-hydrogen) atoms. The highest BCUT2D eigenvalue weighted by Gasteiger charge is 2.16.